The van der Waals surface area contributed by atoms with Crippen molar-refractivity contribution in [3.05, 3.63) is 23.3 Å². The first-order chi connectivity index (χ1) is 9.76. The second-order valence-corrected chi connectivity index (χ2v) is 7.09. The van der Waals surface area contributed by atoms with Gasteiger partial charge in [0, 0.05) is 9.79 Å². The summed E-state index contributed by atoms with van der Waals surface area (Å²) in [6.07, 6.45) is 2.05. The Hall–Kier alpha value is -0.400. The quantitative estimate of drug-likeness (QED) is 0.422. The van der Waals surface area contributed by atoms with E-state index in [2.05, 4.69) is 37.4 Å². The molecule has 0 spiro atoms. The van der Waals surface area contributed by atoms with Gasteiger partial charge in [-0.25, -0.2) is 0 Å². The maximum atomic E-state index is 9.11. The molecule has 0 aromatic heterocycles. The Morgan fingerprint density at radius 1 is 0.850 bits per heavy atom. The number of hydrogen-bond acceptors (Lipinski definition) is 6. The van der Waals surface area contributed by atoms with Crippen LogP contribution in [0, 0.1) is 22.7 Å². The maximum absolute atomic E-state index is 9.11. The first kappa shape index (κ1) is 17.7. The molecule has 0 heterocycles. The Bertz CT molecular complexity index is 470. The number of nitrogens with zero attached hydrogens (tertiary/aromatic N) is 2. The van der Waals surface area contributed by atoms with E-state index >= 15 is 0 Å². The largest absolute Gasteiger partial charge is 0.192 e. The van der Waals surface area contributed by atoms with Crippen molar-refractivity contribution in [1.82, 2.24) is 0 Å². The van der Waals surface area contributed by atoms with E-state index in [1.807, 2.05) is 12.1 Å². The number of thiol groups is 2. The topological polar surface area (TPSA) is 47.6 Å². The van der Waals surface area contributed by atoms with Crippen molar-refractivity contribution < 1.29 is 0 Å². The van der Waals surface area contributed by atoms with E-state index in [0.717, 1.165) is 45.6 Å². The van der Waals surface area contributed by atoms with Crippen LogP contribution in [0.5, 0.6) is 0 Å². The molecule has 0 saturated carbocycles. The van der Waals surface area contributed by atoms with E-state index in [-0.39, 0.29) is 0 Å². The highest BCUT2D eigenvalue weighted by molar-refractivity contribution is 8.02. The molecule has 0 aliphatic rings. The van der Waals surface area contributed by atoms with Crippen LogP contribution in [0.1, 0.15) is 24.0 Å². The standard InChI is InChI=1S/C14H16N2S4/c15-9-11-7-13(19-5-1-3-17)14(8-12(11)10-16)20-6-2-4-18/h7-8,17-18H,1-6H2. The van der Waals surface area contributed by atoms with Gasteiger partial charge in [0.25, 0.3) is 0 Å². The minimum Gasteiger partial charge on any atom is -0.192 e. The van der Waals surface area contributed by atoms with Crippen LogP contribution in [0.4, 0.5) is 0 Å². The molecule has 0 saturated heterocycles. The first-order valence-corrected chi connectivity index (χ1v) is 9.46. The predicted molar refractivity (Wildman–Crippen MR) is 94.3 cm³/mol. The zero-order valence-electron chi connectivity index (χ0n) is 11.0. The van der Waals surface area contributed by atoms with Crippen LogP contribution in [0.15, 0.2) is 21.9 Å². The van der Waals surface area contributed by atoms with E-state index < -0.39 is 0 Å². The van der Waals surface area contributed by atoms with Crippen molar-refractivity contribution in [2.24, 2.45) is 0 Å². The maximum Gasteiger partial charge on any atom is 0.101 e. The minimum absolute atomic E-state index is 0.458. The lowest BCUT2D eigenvalue weighted by atomic mass is 10.1. The molecule has 6 heteroatoms. The smallest absolute Gasteiger partial charge is 0.101 e. The first-order valence-electron chi connectivity index (χ1n) is 6.22. The molecule has 2 nitrogen and oxygen atoms in total. The van der Waals surface area contributed by atoms with Crippen LogP contribution in [-0.4, -0.2) is 23.0 Å². The number of hydrogen-bond donors (Lipinski definition) is 2. The molecule has 0 atom stereocenters. The van der Waals surface area contributed by atoms with E-state index in [0.29, 0.717) is 11.1 Å². The summed E-state index contributed by atoms with van der Waals surface area (Å²) >= 11 is 11.9. The Kier molecular flexibility index (Phi) is 9.13. The molecule has 1 aromatic rings. The van der Waals surface area contributed by atoms with Crippen LogP contribution >= 0.6 is 48.8 Å². The highest BCUT2D eigenvalue weighted by Crippen LogP contribution is 2.34. The molecule has 0 amide bonds. The highest BCUT2D eigenvalue weighted by atomic mass is 32.2. The van der Waals surface area contributed by atoms with E-state index in [1.54, 1.807) is 23.5 Å². The molecule has 0 fully saturated rings. The Balaban J connectivity index is 2.97. The van der Waals surface area contributed by atoms with Crippen LogP contribution in [0.25, 0.3) is 0 Å². The molecule has 0 bridgehead atoms. The summed E-state index contributed by atoms with van der Waals surface area (Å²) in [7, 11) is 0. The lowest BCUT2D eigenvalue weighted by molar-refractivity contribution is 1.11. The molecular formula is C14H16N2S4. The molecule has 20 heavy (non-hydrogen) atoms. The van der Waals surface area contributed by atoms with Crippen molar-refractivity contribution in [1.29, 1.82) is 10.5 Å². The lowest BCUT2D eigenvalue weighted by Gasteiger charge is -2.10. The average molecular weight is 341 g/mol. The number of benzene rings is 1. The SMILES string of the molecule is N#Cc1cc(SCCCS)c(SCCCS)cc1C#N. The van der Waals surface area contributed by atoms with Crippen LogP contribution < -0.4 is 0 Å². The van der Waals surface area contributed by atoms with Crippen molar-refractivity contribution in [2.75, 3.05) is 23.0 Å². The second kappa shape index (κ2) is 10.3. The fraction of sp³-hybridized carbons (Fsp3) is 0.429. The average Bonchev–Trinajstić information content (AvgIpc) is 2.48. The Morgan fingerprint density at radius 3 is 1.55 bits per heavy atom. The summed E-state index contributed by atoms with van der Waals surface area (Å²) in [5.41, 5.74) is 0.916. The Morgan fingerprint density at radius 2 is 1.25 bits per heavy atom. The van der Waals surface area contributed by atoms with Gasteiger partial charge < -0.3 is 0 Å². The molecule has 106 valence electrons. The van der Waals surface area contributed by atoms with Crippen LogP contribution in [0.2, 0.25) is 0 Å². The number of nitriles is 2. The van der Waals surface area contributed by atoms with Crippen molar-refractivity contribution in [3.63, 3.8) is 0 Å². The molecular weight excluding hydrogens is 324 g/mol. The summed E-state index contributed by atoms with van der Waals surface area (Å²) in [5.74, 6) is 3.66. The molecule has 1 rings (SSSR count). The summed E-state index contributed by atoms with van der Waals surface area (Å²) in [6.45, 7) is 0. The van der Waals surface area contributed by atoms with Gasteiger partial charge in [0.1, 0.15) is 12.1 Å². The van der Waals surface area contributed by atoms with Crippen molar-refractivity contribution >= 4 is 48.8 Å². The van der Waals surface area contributed by atoms with Gasteiger partial charge in [-0.15, -0.1) is 23.5 Å². The normalized spacial score (nSPS) is 10.0. The highest BCUT2D eigenvalue weighted by Gasteiger charge is 2.10. The molecule has 0 radical (unpaired) electrons. The summed E-state index contributed by atoms with van der Waals surface area (Å²) in [4.78, 5) is 2.18. The summed E-state index contributed by atoms with van der Waals surface area (Å²) < 4.78 is 0. The van der Waals surface area contributed by atoms with Gasteiger partial charge in [-0.2, -0.15) is 35.8 Å². The lowest BCUT2D eigenvalue weighted by Crippen LogP contribution is -1.91. The predicted octanol–water partition coefficient (Wildman–Crippen LogP) is 4.25. The Labute approximate surface area is 140 Å². The van der Waals surface area contributed by atoms with Gasteiger partial charge >= 0.3 is 0 Å². The van der Waals surface area contributed by atoms with Crippen LogP contribution in [0.3, 0.4) is 0 Å². The monoisotopic (exact) mass is 340 g/mol. The molecule has 0 aliphatic carbocycles. The van der Waals surface area contributed by atoms with Gasteiger partial charge in [0.05, 0.1) is 11.1 Å². The van der Waals surface area contributed by atoms with Crippen LogP contribution in [-0.2, 0) is 0 Å². The summed E-state index contributed by atoms with van der Waals surface area (Å²) in [5, 5.41) is 18.2. The molecule has 0 aliphatic heterocycles. The van der Waals surface area contributed by atoms with Gasteiger partial charge in [-0.05, 0) is 48.0 Å². The molecule has 1 aromatic carbocycles. The van der Waals surface area contributed by atoms with Gasteiger partial charge in [0.15, 0.2) is 0 Å². The number of thioether (sulfide) groups is 2. The van der Waals surface area contributed by atoms with Gasteiger partial charge in [-0.1, -0.05) is 0 Å². The van der Waals surface area contributed by atoms with E-state index in [9.17, 15) is 0 Å². The minimum atomic E-state index is 0.458. The fourth-order valence-corrected chi connectivity index (χ4v) is 4.38. The van der Waals surface area contributed by atoms with E-state index in [4.69, 9.17) is 10.5 Å². The van der Waals surface area contributed by atoms with Gasteiger partial charge in [0.2, 0.25) is 0 Å². The number of rotatable bonds is 8. The van der Waals surface area contributed by atoms with Gasteiger partial charge in [-0.3, -0.25) is 0 Å². The zero-order valence-corrected chi connectivity index (χ0v) is 14.4. The third kappa shape index (κ3) is 5.54. The van der Waals surface area contributed by atoms with Crippen molar-refractivity contribution in [2.45, 2.75) is 22.6 Å². The summed E-state index contributed by atoms with van der Waals surface area (Å²) in [6, 6.07) is 7.87. The fourth-order valence-electron chi connectivity index (χ4n) is 1.46. The molecule has 0 N–H and O–H groups in total. The molecule has 0 unspecified atom stereocenters. The third-order valence-corrected chi connectivity index (χ3v) is 5.49. The zero-order chi connectivity index (χ0) is 14.8. The third-order valence-electron chi connectivity index (χ3n) is 2.44. The van der Waals surface area contributed by atoms with E-state index in [1.165, 1.54) is 0 Å². The second-order valence-electron chi connectivity index (χ2n) is 3.92. The van der Waals surface area contributed by atoms with Crippen molar-refractivity contribution in [3.8, 4) is 12.1 Å².